The topological polar surface area (TPSA) is 17.1 Å². The number of aryl methyl sites for hydroxylation is 3. The minimum absolute atomic E-state index is 0.144. The van der Waals surface area contributed by atoms with Gasteiger partial charge in [-0.05, 0) is 54.5 Å². The molecule has 0 amide bonds. The average Bonchev–Trinajstić information content (AvgIpc) is 2.94. The number of hydrogen-bond donors (Lipinski definition) is 0. The van der Waals surface area contributed by atoms with Crippen molar-refractivity contribution in [3.8, 4) is 0 Å². The van der Waals surface area contributed by atoms with E-state index in [1.165, 1.54) is 23.1 Å². The van der Waals surface area contributed by atoms with E-state index in [1.54, 1.807) is 0 Å². The van der Waals surface area contributed by atoms with Crippen LogP contribution in [0.2, 0.25) is 0 Å². The van der Waals surface area contributed by atoms with E-state index in [0.717, 1.165) is 30.4 Å². The van der Waals surface area contributed by atoms with Crippen LogP contribution in [0.4, 0.5) is 0 Å². The minimum Gasteiger partial charge on any atom is -0.289 e. The van der Waals surface area contributed by atoms with Crippen molar-refractivity contribution in [2.75, 3.05) is 0 Å². The van der Waals surface area contributed by atoms with Crippen LogP contribution in [0.1, 0.15) is 46.0 Å². The highest BCUT2D eigenvalue weighted by molar-refractivity contribution is 6.09. The molecule has 0 saturated heterocycles. The van der Waals surface area contributed by atoms with E-state index in [0.29, 0.717) is 0 Å². The van der Waals surface area contributed by atoms with Crippen molar-refractivity contribution in [2.45, 2.75) is 32.6 Å². The summed E-state index contributed by atoms with van der Waals surface area (Å²) in [6.07, 6.45) is 4.46. The zero-order valence-electron chi connectivity index (χ0n) is 11.3. The molecule has 1 heteroatoms. The van der Waals surface area contributed by atoms with Crippen molar-refractivity contribution in [3.05, 3.63) is 70.3 Å². The quantitative estimate of drug-likeness (QED) is 0.753. The lowest BCUT2D eigenvalue weighted by Crippen LogP contribution is -2.03. The van der Waals surface area contributed by atoms with E-state index < -0.39 is 0 Å². The van der Waals surface area contributed by atoms with Gasteiger partial charge in [0.25, 0.3) is 0 Å². The van der Waals surface area contributed by atoms with E-state index in [4.69, 9.17) is 0 Å². The Hall–Kier alpha value is -1.89. The summed E-state index contributed by atoms with van der Waals surface area (Å²) in [5.74, 6) is 0.144. The summed E-state index contributed by atoms with van der Waals surface area (Å²) in [4.78, 5) is 12.5. The molecule has 96 valence electrons. The molecule has 0 atom stereocenters. The highest BCUT2D eigenvalue weighted by Gasteiger charge is 2.15. The maximum absolute atomic E-state index is 12.5. The Morgan fingerprint density at radius 2 is 1.79 bits per heavy atom. The fourth-order valence-corrected chi connectivity index (χ4v) is 2.81. The van der Waals surface area contributed by atoms with Gasteiger partial charge in [-0.15, -0.1) is 0 Å². The zero-order valence-corrected chi connectivity index (χ0v) is 11.3. The average molecular weight is 250 g/mol. The third-order valence-electron chi connectivity index (χ3n) is 3.96. The van der Waals surface area contributed by atoms with Gasteiger partial charge in [0.05, 0.1) is 0 Å². The molecule has 0 aromatic heterocycles. The summed E-state index contributed by atoms with van der Waals surface area (Å²) in [5.41, 5.74) is 5.62. The molecule has 0 unspecified atom stereocenters. The number of carbonyl (C=O) groups excluding carboxylic acids is 1. The van der Waals surface area contributed by atoms with Crippen LogP contribution in [-0.4, -0.2) is 5.78 Å². The van der Waals surface area contributed by atoms with Gasteiger partial charge in [0, 0.05) is 11.1 Å². The van der Waals surface area contributed by atoms with Crippen LogP contribution >= 0.6 is 0 Å². The first-order valence-electron chi connectivity index (χ1n) is 7.03. The summed E-state index contributed by atoms with van der Waals surface area (Å²) in [5, 5.41) is 0. The lowest BCUT2D eigenvalue weighted by Gasteiger charge is -2.06. The highest BCUT2D eigenvalue weighted by atomic mass is 16.1. The van der Waals surface area contributed by atoms with Gasteiger partial charge in [-0.3, -0.25) is 4.79 Å². The molecule has 2 aromatic carbocycles. The molecule has 0 fully saturated rings. The van der Waals surface area contributed by atoms with Crippen LogP contribution in [0.5, 0.6) is 0 Å². The third-order valence-corrected chi connectivity index (χ3v) is 3.96. The van der Waals surface area contributed by atoms with Crippen molar-refractivity contribution in [1.29, 1.82) is 0 Å². The molecule has 0 saturated carbocycles. The van der Waals surface area contributed by atoms with Crippen molar-refractivity contribution in [2.24, 2.45) is 0 Å². The molecule has 0 bridgehead atoms. The normalized spacial score (nSPS) is 13.3. The molecule has 0 N–H and O–H groups in total. The van der Waals surface area contributed by atoms with Gasteiger partial charge in [-0.25, -0.2) is 0 Å². The first-order valence-corrected chi connectivity index (χ1v) is 7.03. The first kappa shape index (κ1) is 12.2. The van der Waals surface area contributed by atoms with Gasteiger partial charge >= 0.3 is 0 Å². The molecule has 0 aliphatic heterocycles. The minimum atomic E-state index is 0.144. The Balaban J connectivity index is 1.95. The van der Waals surface area contributed by atoms with Crippen molar-refractivity contribution in [3.63, 3.8) is 0 Å². The molecule has 1 aliphatic rings. The SMILES string of the molecule is CCc1cccc(C(=O)c2ccc3c(c2)CCC3)c1. The van der Waals surface area contributed by atoms with Crippen LogP contribution in [0, 0.1) is 0 Å². The molecule has 19 heavy (non-hydrogen) atoms. The molecule has 1 aliphatic carbocycles. The molecule has 3 rings (SSSR count). The second kappa shape index (κ2) is 5.00. The number of benzene rings is 2. The number of ketones is 1. The van der Waals surface area contributed by atoms with Gasteiger partial charge in [-0.1, -0.05) is 37.3 Å². The number of hydrogen-bond acceptors (Lipinski definition) is 1. The summed E-state index contributed by atoms with van der Waals surface area (Å²) >= 11 is 0. The van der Waals surface area contributed by atoms with Gasteiger partial charge < -0.3 is 0 Å². The Labute approximate surface area is 114 Å². The predicted octanol–water partition coefficient (Wildman–Crippen LogP) is 3.97. The molecular formula is C18H18O. The van der Waals surface area contributed by atoms with E-state index in [9.17, 15) is 4.79 Å². The van der Waals surface area contributed by atoms with Gasteiger partial charge in [0.15, 0.2) is 5.78 Å². The fourth-order valence-electron chi connectivity index (χ4n) is 2.81. The lowest BCUT2D eigenvalue weighted by molar-refractivity contribution is 0.103. The Bertz CT molecular complexity index is 625. The first-order chi connectivity index (χ1) is 9.28. The molecule has 0 heterocycles. The standard InChI is InChI=1S/C18H18O/c1-2-13-5-3-8-16(11-13)18(19)17-10-9-14-6-4-7-15(14)12-17/h3,5,8-12H,2,4,6-7H2,1H3. The lowest BCUT2D eigenvalue weighted by atomic mass is 9.98. The Kier molecular flexibility index (Phi) is 3.20. The second-order valence-corrected chi connectivity index (χ2v) is 5.22. The maximum atomic E-state index is 12.5. The summed E-state index contributed by atoms with van der Waals surface area (Å²) in [6, 6.07) is 14.1. The van der Waals surface area contributed by atoms with E-state index in [1.807, 2.05) is 24.3 Å². The van der Waals surface area contributed by atoms with Gasteiger partial charge in [0.2, 0.25) is 0 Å². The summed E-state index contributed by atoms with van der Waals surface area (Å²) in [6.45, 7) is 2.11. The molecule has 2 aromatic rings. The third kappa shape index (κ3) is 2.33. The fraction of sp³-hybridized carbons (Fsp3) is 0.278. The molecule has 1 nitrogen and oxygen atoms in total. The van der Waals surface area contributed by atoms with Crippen LogP contribution in [0.3, 0.4) is 0 Å². The molecule has 0 radical (unpaired) electrons. The zero-order chi connectivity index (χ0) is 13.2. The Morgan fingerprint density at radius 3 is 2.63 bits per heavy atom. The maximum Gasteiger partial charge on any atom is 0.193 e. The van der Waals surface area contributed by atoms with Crippen molar-refractivity contribution in [1.82, 2.24) is 0 Å². The smallest absolute Gasteiger partial charge is 0.193 e. The highest BCUT2D eigenvalue weighted by Crippen LogP contribution is 2.24. The summed E-state index contributed by atoms with van der Waals surface area (Å²) < 4.78 is 0. The predicted molar refractivity (Wildman–Crippen MR) is 77.7 cm³/mol. The van der Waals surface area contributed by atoms with Crippen LogP contribution in [0.15, 0.2) is 42.5 Å². The number of rotatable bonds is 3. The van der Waals surface area contributed by atoms with Crippen LogP contribution in [-0.2, 0) is 19.3 Å². The number of fused-ring (bicyclic) bond motifs is 1. The monoisotopic (exact) mass is 250 g/mol. The summed E-state index contributed by atoms with van der Waals surface area (Å²) in [7, 11) is 0. The molecule has 0 spiro atoms. The Morgan fingerprint density at radius 1 is 1.00 bits per heavy atom. The van der Waals surface area contributed by atoms with Crippen LogP contribution in [0.25, 0.3) is 0 Å². The van der Waals surface area contributed by atoms with Gasteiger partial charge in [-0.2, -0.15) is 0 Å². The van der Waals surface area contributed by atoms with Crippen molar-refractivity contribution >= 4 is 5.78 Å². The van der Waals surface area contributed by atoms with E-state index in [-0.39, 0.29) is 5.78 Å². The molecular weight excluding hydrogens is 232 g/mol. The second-order valence-electron chi connectivity index (χ2n) is 5.22. The van der Waals surface area contributed by atoms with E-state index in [2.05, 4.69) is 25.1 Å². The largest absolute Gasteiger partial charge is 0.289 e. The number of carbonyl (C=O) groups is 1. The van der Waals surface area contributed by atoms with Crippen molar-refractivity contribution < 1.29 is 4.79 Å². The van der Waals surface area contributed by atoms with Gasteiger partial charge in [0.1, 0.15) is 0 Å². The van der Waals surface area contributed by atoms with Crippen LogP contribution < -0.4 is 0 Å². The van der Waals surface area contributed by atoms with E-state index >= 15 is 0 Å².